The Morgan fingerprint density at radius 3 is 2.33 bits per heavy atom. The van der Waals surface area contributed by atoms with E-state index in [2.05, 4.69) is 5.32 Å². The van der Waals surface area contributed by atoms with Crippen LogP contribution >= 0.6 is 11.8 Å². The molecule has 1 N–H and O–H groups in total. The molecule has 6 heteroatoms. The molecule has 1 amide bonds. The number of thioether (sulfide) groups is 1. The first-order chi connectivity index (χ1) is 13.1. The highest BCUT2D eigenvalue weighted by Crippen LogP contribution is 2.37. The molecule has 138 valence electrons. The van der Waals surface area contributed by atoms with Crippen LogP contribution in [0.25, 0.3) is 0 Å². The highest BCUT2D eigenvalue weighted by molar-refractivity contribution is 8.00. The fourth-order valence-electron chi connectivity index (χ4n) is 2.48. The number of nitrogens with one attached hydrogen (secondary N) is 1. The quantitative estimate of drug-likeness (QED) is 0.574. The van der Waals surface area contributed by atoms with Crippen molar-refractivity contribution in [3.05, 3.63) is 90.0 Å². The molecule has 0 heterocycles. The highest BCUT2D eigenvalue weighted by atomic mass is 32.2. The summed E-state index contributed by atoms with van der Waals surface area (Å²) in [5, 5.41) is 2.13. The summed E-state index contributed by atoms with van der Waals surface area (Å²) in [5.74, 6) is -0.982. The molecule has 0 aromatic heterocycles. The molecule has 1 atom stereocenters. The molecule has 0 aliphatic heterocycles. The van der Waals surface area contributed by atoms with Crippen LogP contribution in [0.3, 0.4) is 0 Å². The maximum Gasteiger partial charge on any atom is 0.242 e. The second-order valence-corrected chi connectivity index (χ2v) is 6.85. The summed E-state index contributed by atoms with van der Waals surface area (Å²) in [5.41, 5.74) is 1.32. The van der Waals surface area contributed by atoms with E-state index >= 15 is 0 Å². The van der Waals surface area contributed by atoms with Crippen molar-refractivity contribution in [2.24, 2.45) is 0 Å². The van der Waals surface area contributed by atoms with Gasteiger partial charge in [0.05, 0.1) is 7.11 Å². The molecule has 3 aromatic carbocycles. The molecular weight excluding hydrogens is 368 g/mol. The Labute approximate surface area is 160 Å². The van der Waals surface area contributed by atoms with E-state index in [0.717, 1.165) is 23.4 Å². The maximum absolute atomic E-state index is 14.1. The fourth-order valence-corrected chi connectivity index (χ4v) is 3.51. The second kappa shape index (κ2) is 8.68. The van der Waals surface area contributed by atoms with Gasteiger partial charge in [-0.25, -0.2) is 8.78 Å². The van der Waals surface area contributed by atoms with Crippen molar-refractivity contribution in [1.82, 2.24) is 0 Å². The van der Waals surface area contributed by atoms with E-state index in [9.17, 15) is 13.6 Å². The summed E-state index contributed by atoms with van der Waals surface area (Å²) >= 11 is 1.03. The summed E-state index contributed by atoms with van der Waals surface area (Å²) in [6.07, 6.45) is 0. The third-order valence-corrected chi connectivity index (χ3v) is 5.14. The van der Waals surface area contributed by atoms with Crippen LogP contribution in [0.4, 0.5) is 14.5 Å². The Morgan fingerprint density at radius 1 is 1.00 bits per heavy atom. The number of amides is 1. The highest BCUT2D eigenvalue weighted by Gasteiger charge is 2.23. The van der Waals surface area contributed by atoms with Crippen molar-refractivity contribution in [2.75, 3.05) is 12.4 Å². The Morgan fingerprint density at radius 2 is 1.70 bits per heavy atom. The number of carbonyl (C=O) groups excluding carboxylic acids is 1. The second-order valence-electron chi connectivity index (χ2n) is 5.70. The summed E-state index contributed by atoms with van der Waals surface area (Å²) in [4.78, 5) is 13.1. The lowest BCUT2D eigenvalue weighted by molar-refractivity contribution is -0.115. The van der Waals surface area contributed by atoms with Crippen molar-refractivity contribution < 1.29 is 18.3 Å². The van der Waals surface area contributed by atoms with E-state index in [1.54, 1.807) is 43.5 Å². The van der Waals surface area contributed by atoms with Crippen LogP contribution in [-0.4, -0.2) is 13.0 Å². The zero-order valence-electron chi connectivity index (χ0n) is 14.5. The molecule has 3 rings (SSSR count). The molecule has 0 aliphatic rings. The van der Waals surface area contributed by atoms with E-state index in [-0.39, 0.29) is 10.8 Å². The molecule has 3 nitrogen and oxygen atoms in total. The Bertz CT molecular complexity index is 917. The third-order valence-electron chi connectivity index (χ3n) is 3.84. The minimum absolute atomic E-state index is 0.204. The van der Waals surface area contributed by atoms with Gasteiger partial charge >= 0.3 is 0 Å². The van der Waals surface area contributed by atoms with Crippen molar-refractivity contribution in [1.29, 1.82) is 0 Å². The average molecular weight is 385 g/mol. The third kappa shape index (κ3) is 4.86. The predicted octanol–water partition coefficient (Wildman–Crippen LogP) is 5.45. The molecule has 1 unspecified atom stereocenters. The van der Waals surface area contributed by atoms with Crippen molar-refractivity contribution in [3.8, 4) is 5.75 Å². The molecule has 0 fully saturated rings. The molecule has 3 aromatic rings. The normalized spacial score (nSPS) is 11.7. The number of rotatable bonds is 6. The lowest BCUT2D eigenvalue weighted by Gasteiger charge is -2.17. The number of benzene rings is 3. The standard InChI is InChI=1S/C21H17F2NO2S/c1-26-17-10-8-16(9-11-17)24-21(25)20(14-5-3-2-4-6-14)27-19-12-7-15(22)13-18(19)23/h2-13,20H,1H3,(H,24,25). The van der Waals surface area contributed by atoms with Crippen LogP contribution in [-0.2, 0) is 4.79 Å². The number of ether oxygens (including phenoxy) is 1. The smallest absolute Gasteiger partial charge is 0.242 e. The summed E-state index contributed by atoms with van der Waals surface area (Å²) < 4.78 is 32.4. The minimum Gasteiger partial charge on any atom is -0.497 e. The molecule has 27 heavy (non-hydrogen) atoms. The Kier molecular flexibility index (Phi) is 6.08. The Balaban J connectivity index is 1.85. The van der Waals surface area contributed by atoms with Gasteiger partial charge in [0.2, 0.25) is 5.91 Å². The SMILES string of the molecule is COc1ccc(NC(=O)C(Sc2ccc(F)cc2F)c2ccccc2)cc1. The van der Waals surface area contributed by atoms with E-state index < -0.39 is 16.9 Å². The lowest BCUT2D eigenvalue weighted by Crippen LogP contribution is -2.19. The largest absolute Gasteiger partial charge is 0.497 e. The molecule has 0 spiro atoms. The van der Waals surface area contributed by atoms with Gasteiger partial charge in [0.25, 0.3) is 0 Å². The van der Waals surface area contributed by atoms with Crippen LogP contribution in [0, 0.1) is 11.6 Å². The number of methoxy groups -OCH3 is 1. The van der Waals surface area contributed by atoms with Crippen LogP contribution in [0.2, 0.25) is 0 Å². The minimum atomic E-state index is -0.701. The molecule has 0 bridgehead atoms. The van der Waals surface area contributed by atoms with Crippen LogP contribution < -0.4 is 10.1 Å². The molecule has 0 saturated carbocycles. The predicted molar refractivity (Wildman–Crippen MR) is 103 cm³/mol. The number of carbonyl (C=O) groups is 1. The molecular formula is C21H17F2NO2S. The van der Waals surface area contributed by atoms with Crippen LogP contribution in [0.1, 0.15) is 10.8 Å². The first kappa shape index (κ1) is 18.9. The summed E-state index contributed by atoms with van der Waals surface area (Å²) in [7, 11) is 1.56. The summed E-state index contributed by atoms with van der Waals surface area (Å²) in [6.45, 7) is 0. The molecule has 0 aliphatic carbocycles. The van der Waals surface area contributed by atoms with Crippen LogP contribution in [0.15, 0.2) is 77.7 Å². The van der Waals surface area contributed by atoms with Gasteiger partial charge in [0.1, 0.15) is 22.6 Å². The first-order valence-corrected chi connectivity index (χ1v) is 9.06. The maximum atomic E-state index is 14.1. The van der Waals surface area contributed by atoms with Gasteiger partial charge in [-0.3, -0.25) is 4.79 Å². The van der Waals surface area contributed by atoms with Gasteiger partial charge < -0.3 is 10.1 Å². The number of halogens is 2. The van der Waals surface area contributed by atoms with Crippen LogP contribution in [0.5, 0.6) is 5.75 Å². The zero-order chi connectivity index (χ0) is 19.2. The monoisotopic (exact) mass is 385 g/mol. The lowest BCUT2D eigenvalue weighted by atomic mass is 10.1. The Hall–Kier alpha value is -2.86. The van der Waals surface area contributed by atoms with Gasteiger partial charge in [0, 0.05) is 16.6 Å². The average Bonchev–Trinajstić information content (AvgIpc) is 2.68. The van der Waals surface area contributed by atoms with E-state index in [1.165, 1.54) is 12.1 Å². The van der Waals surface area contributed by atoms with Crippen molar-refractivity contribution >= 4 is 23.4 Å². The number of anilines is 1. The van der Waals surface area contributed by atoms with Crippen molar-refractivity contribution in [2.45, 2.75) is 10.1 Å². The first-order valence-electron chi connectivity index (χ1n) is 8.18. The van der Waals surface area contributed by atoms with E-state index in [1.807, 2.05) is 18.2 Å². The van der Waals surface area contributed by atoms with E-state index in [0.29, 0.717) is 11.4 Å². The fraction of sp³-hybridized carbons (Fsp3) is 0.0952. The van der Waals surface area contributed by atoms with E-state index in [4.69, 9.17) is 4.74 Å². The van der Waals surface area contributed by atoms with Gasteiger partial charge in [-0.15, -0.1) is 11.8 Å². The topological polar surface area (TPSA) is 38.3 Å². The zero-order valence-corrected chi connectivity index (χ0v) is 15.3. The van der Waals surface area contributed by atoms with Gasteiger partial charge in [0.15, 0.2) is 0 Å². The number of hydrogen-bond acceptors (Lipinski definition) is 3. The molecule has 0 saturated heterocycles. The van der Waals surface area contributed by atoms with Crippen molar-refractivity contribution in [3.63, 3.8) is 0 Å². The van der Waals surface area contributed by atoms with Gasteiger partial charge in [-0.1, -0.05) is 30.3 Å². The summed E-state index contributed by atoms with van der Waals surface area (Å²) in [6, 6.07) is 19.3. The number of hydrogen-bond donors (Lipinski definition) is 1. The van der Waals surface area contributed by atoms with Gasteiger partial charge in [-0.2, -0.15) is 0 Å². The van der Waals surface area contributed by atoms with Gasteiger partial charge in [-0.05, 0) is 42.0 Å². The molecule has 0 radical (unpaired) electrons.